The Kier molecular flexibility index (Phi) is 7.19. The smallest absolute Gasteiger partial charge is 0.337 e. The number of carbonyl (C=O) groups excluding carboxylic acids is 1. The number of methoxy groups -OCH3 is 1. The Morgan fingerprint density at radius 3 is 2.35 bits per heavy atom. The summed E-state index contributed by atoms with van der Waals surface area (Å²) in [5.74, 6) is -0.304. The van der Waals surface area contributed by atoms with Crippen LogP contribution in [-0.2, 0) is 26.9 Å². The topological polar surface area (TPSA) is 117 Å². The molecule has 164 valence electrons. The number of aromatic nitrogens is 3. The number of esters is 1. The molecule has 2 N–H and O–H groups in total. The number of benzene rings is 2. The van der Waals surface area contributed by atoms with Gasteiger partial charge in [0.05, 0.1) is 31.0 Å². The van der Waals surface area contributed by atoms with Crippen LogP contribution in [0.15, 0.2) is 59.8 Å². The van der Waals surface area contributed by atoms with E-state index in [0.29, 0.717) is 29.9 Å². The Morgan fingerprint density at radius 1 is 1.06 bits per heavy atom. The van der Waals surface area contributed by atoms with Gasteiger partial charge in [0.2, 0.25) is 15.0 Å². The first-order valence-electron chi connectivity index (χ1n) is 9.98. The lowest BCUT2D eigenvalue weighted by Crippen LogP contribution is -2.20. The van der Waals surface area contributed by atoms with Gasteiger partial charge < -0.3 is 10.5 Å². The highest BCUT2D eigenvalue weighted by Crippen LogP contribution is 2.22. The average molecular weight is 443 g/mol. The molecule has 1 heterocycles. The number of hydrogen-bond donors (Lipinski definition) is 1. The number of ether oxygens (including phenoxy) is 1. The van der Waals surface area contributed by atoms with E-state index in [4.69, 9.17) is 5.73 Å². The fourth-order valence-electron chi connectivity index (χ4n) is 3.30. The van der Waals surface area contributed by atoms with Gasteiger partial charge in [0, 0.05) is 0 Å². The van der Waals surface area contributed by atoms with Gasteiger partial charge in [-0.25, -0.2) is 13.2 Å². The van der Waals surface area contributed by atoms with Crippen LogP contribution in [0.25, 0.3) is 0 Å². The molecule has 0 bridgehead atoms. The highest BCUT2D eigenvalue weighted by Gasteiger charge is 2.27. The van der Waals surface area contributed by atoms with Crippen LogP contribution in [0.2, 0.25) is 0 Å². The van der Waals surface area contributed by atoms with Crippen molar-refractivity contribution in [3.63, 3.8) is 0 Å². The van der Waals surface area contributed by atoms with Gasteiger partial charge in [0.1, 0.15) is 0 Å². The molecule has 0 aliphatic carbocycles. The van der Waals surface area contributed by atoms with Crippen LogP contribution >= 0.6 is 0 Å². The van der Waals surface area contributed by atoms with Gasteiger partial charge in [-0.15, -0.1) is 10.2 Å². The summed E-state index contributed by atoms with van der Waals surface area (Å²) in [5.41, 5.74) is 8.07. The molecule has 3 aromatic rings. The minimum atomic E-state index is -3.81. The zero-order chi connectivity index (χ0) is 22.4. The Bertz CT molecular complexity index is 1130. The van der Waals surface area contributed by atoms with Crippen molar-refractivity contribution in [3.05, 3.63) is 77.1 Å². The molecule has 2 aromatic carbocycles. The van der Waals surface area contributed by atoms with Gasteiger partial charge in [-0.05, 0) is 29.7 Å². The third-order valence-electron chi connectivity index (χ3n) is 4.87. The number of carbonyl (C=O) groups is 1. The van der Waals surface area contributed by atoms with Crippen molar-refractivity contribution in [2.45, 2.75) is 43.3 Å². The Balaban J connectivity index is 1.95. The van der Waals surface area contributed by atoms with Crippen LogP contribution in [-0.4, -0.2) is 36.3 Å². The SMILES string of the molecule is CCCC(N)c1nnc(S(=O)(=O)Cc2ccc(C(=O)OC)cc2)n1Cc1ccccc1. The third kappa shape index (κ3) is 5.36. The zero-order valence-corrected chi connectivity index (χ0v) is 18.4. The van der Waals surface area contributed by atoms with E-state index < -0.39 is 21.8 Å². The lowest BCUT2D eigenvalue weighted by atomic mass is 10.1. The minimum absolute atomic E-state index is 0.116. The maximum Gasteiger partial charge on any atom is 0.337 e. The Labute approximate surface area is 182 Å². The van der Waals surface area contributed by atoms with E-state index in [-0.39, 0.29) is 10.9 Å². The first kappa shape index (κ1) is 22.6. The summed E-state index contributed by atoms with van der Waals surface area (Å²) in [6, 6.07) is 15.3. The van der Waals surface area contributed by atoms with Crippen molar-refractivity contribution in [3.8, 4) is 0 Å². The molecule has 9 heteroatoms. The second kappa shape index (κ2) is 9.84. The van der Waals surface area contributed by atoms with Crippen molar-refractivity contribution < 1.29 is 17.9 Å². The van der Waals surface area contributed by atoms with Crippen LogP contribution in [0.1, 0.15) is 53.1 Å². The number of rotatable bonds is 9. The number of hydrogen-bond acceptors (Lipinski definition) is 7. The molecular formula is C22H26N4O4S. The highest BCUT2D eigenvalue weighted by atomic mass is 32.2. The summed E-state index contributed by atoms with van der Waals surface area (Å²) in [6.45, 7) is 2.31. The summed E-state index contributed by atoms with van der Waals surface area (Å²) in [7, 11) is -2.52. The molecule has 3 rings (SSSR count). The van der Waals surface area contributed by atoms with Crippen molar-refractivity contribution >= 4 is 15.8 Å². The molecule has 8 nitrogen and oxygen atoms in total. The van der Waals surface area contributed by atoms with Crippen LogP contribution in [0.3, 0.4) is 0 Å². The van der Waals surface area contributed by atoms with E-state index >= 15 is 0 Å². The van der Waals surface area contributed by atoms with E-state index in [0.717, 1.165) is 12.0 Å². The zero-order valence-electron chi connectivity index (χ0n) is 17.6. The molecule has 0 spiro atoms. The van der Waals surface area contributed by atoms with E-state index in [1.165, 1.54) is 19.2 Å². The molecule has 1 aromatic heterocycles. The van der Waals surface area contributed by atoms with Crippen molar-refractivity contribution in [1.82, 2.24) is 14.8 Å². The fraction of sp³-hybridized carbons (Fsp3) is 0.318. The lowest BCUT2D eigenvalue weighted by molar-refractivity contribution is 0.0600. The summed E-state index contributed by atoms with van der Waals surface area (Å²) in [4.78, 5) is 11.6. The van der Waals surface area contributed by atoms with Crippen molar-refractivity contribution in [2.75, 3.05) is 7.11 Å². The number of nitrogens with zero attached hydrogens (tertiary/aromatic N) is 3. The number of nitrogens with two attached hydrogens (primary N) is 1. The molecule has 31 heavy (non-hydrogen) atoms. The van der Waals surface area contributed by atoms with Gasteiger partial charge in [-0.2, -0.15) is 0 Å². The fourth-order valence-corrected chi connectivity index (χ4v) is 4.72. The van der Waals surface area contributed by atoms with Gasteiger partial charge in [0.15, 0.2) is 5.82 Å². The van der Waals surface area contributed by atoms with Gasteiger partial charge in [-0.3, -0.25) is 4.57 Å². The predicted molar refractivity (Wildman–Crippen MR) is 116 cm³/mol. The first-order chi connectivity index (χ1) is 14.9. The van der Waals surface area contributed by atoms with Gasteiger partial charge in [0.25, 0.3) is 0 Å². The van der Waals surface area contributed by atoms with Crippen LogP contribution in [0.4, 0.5) is 0 Å². The number of sulfone groups is 1. The standard InChI is InChI=1S/C22H26N4O4S/c1-3-7-19(23)20-24-25-22(26(20)14-16-8-5-4-6-9-16)31(28,29)15-17-10-12-18(13-11-17)21(27)30-2/h4-6,8-13,19H,3,7,14-15,23H2,1-2H3. The largest absolute Gasteiger partial charge is 0.465 e. The highest BCUT2D eigenvalue weighted by molar-refractivity contribution is 7.90. The molecule has 0 saturated carbocycles. The normalized spacial score (nSPS) is 12.5. The molecule has 0 fully saturated rings. The predicted octanol–water partition coefficient (Wildman–Crippen LogP) is 2.89. The lowest BCUT2D eigenvalue weighted by Gasteiger charge is -2.15. The molecular weight excluding hydrogens is 416 g/mol. The van der Waals surface area contributed by atoms with E-state index in [1.54, 1.807) is 16.7 Å². The van der Waals surface area contributed by atoms with Crippen LogP contribution in [0, 0.1) is 0 Å². The Morgan fingerprint density at radius 2 is 1.74 bits per heavy atom. The molecule has 0 radical (unpaired) electrons. The van der Waals surface area contributed by atoms with Gasteiger partial charge in [-0.1, -0.05) is 55.8 Å². The molecule has 1 unspecified atom stereocenters. The van der Waals surface area contributed by atoms with Crippen LogP contribution < -0.4 is 5.73 Å². The molecule has 0 aliphatic rings. The maximum atomic E-state index is 13.2. The van der Waals surface area contributed by atoms with Gasteiger partial charge >= 0.3 is 5.97 Å². The quantitative estimate of drug-likeness (QED) is 0.506. The molecule has 0 aliphatic heterocycles. The molecule has 1 atom stereocenters. The average Bonchev–Trinajstić information content (AvgIpc) is 3.19. The Hall–Kier alpha value is -3.04. The summed E-state index contributed by atoms with van der Waals surface area (Å²) < 4.78 is 32.7. The second-order valence-corrected chi connectivity index (χ2v) is 9.14. The monoisotopic (exact) mass is 442 g/mol. The molecule has 0 amide bonds. The summed E-state index contributed by atoms with van der Waals surface area (Å²) in [6.07, 6.45) is 1.51. The maximum absolute atomic E-state index is 13.2. The van der Waals surface area contributed by atoms with Crippen molar-refractivity contribution in [2.24, 2.45) is 5.73 Å². The summed E-state index contributed by atoms with van der Waals surface area (Å²) in [5, 5.41) is 8.03. The minimum Gasteiger partial charge on any atom is -0.465 e. The second-order valence-electron chi connectivity index (χ2n) is 7.26. The first-order valence-corrected chi connectivity index (χ1v) is 11.6. The third-order valence-corrected chi connectivity index (χ3v) is 6.44. The van der Waals surface area contributed by atoms with Crippen LogP contribution in [0.5, 0.6) is 0 Å². The van der Waals surface area contributed by atoms with E-state index in [1.807, 2.05) is 37.3 Å². The van der Waals surface area contributed by atoms with E-state index in [2.05, 4.69) is 14.9 Å². The molecule has 0 saturated heterocycles. The van der Waals surface area contributed by atoms with Crippen molar-refractivity contribution in [1.29, 1.82) is 0 Å². The summed E-state index contributed by atoms with van der Waals surface area (Å²) >= 11 is 0. The van der Waals surface area contributed by atoms with E-state index in [9.17, 15) is 13.2 Å².